The Kier molecular flexibility index (Phi) is 3.89. The number of anilines is 1. The number of aryl methyl sites for hydroxylation is 1. The second-order valence-electron chi connectivity index (χ2n) is 8.23. The molecule has 3 aliphatic rings. The lowest BCUT2D eigenvalue weighted by Gasteiger charge is -2.54. The summed E-state index contributed by atoms with van der Waals surface area (Å²) in [6.45, 7) is 3.74. The van der Waals surface area contributed by atoms with Crippen molar-refractivity contribution < 1.29 is 4.79 Å². The summed E-state index contributed by atoms with van der Waals surface area (Å²) in [5, 5.41) is 4.63. The largest absolute Gasteiger partial charge is 0.355 e. The van der Waals surface area contributed by atoms with Crippen LogP contribution < -0.4 is 4.90 Å². The predicted octanol–water partition coefficient (Wildman–Crippen LogP) is 2.37. The van der Waals surface area contributed by atoms with Gasteiger partial charge in [-0.15, -0.1) is 0 Å². The van der Waals surface area contributed by atoms with Crippen LogP contribution in [0.15, 0.2) is 18.5 Å². The van der Waals surface area contributed by atoms with Crippen molar-refractivity contribution in [2.45, 2.75) is 25.7 Å². The number of carbonyl (C=O) groups excluding carboxylic acids is 1. The van der Waals surface area contributed by atoms with E-state index in [1.807, 2.05) is 19.3 Å². The molecule has 1 aliphatic carbocycles. The molecular formula is C19H23ClN6O. The van der Waals surface area contributed by atoms with Gasteiger partial charge in [0, 0.05) is 56.8 Å². The molecule has 0 bridgehead atoms. The van der Waals surface area contributed by atoms with Crippen LogP contribution in [-0.4, -0.2) is 56.7 Å². The van der Waals surface area contributed by atoms with Crippen LogP contribution in [0.5, 0.6) is 0 Å². The predicted molar refractivity (Wildman–Crippen MR) is 102 cm³/mol. The van der Waals surface area contributed by atoms with Gasteiger partial charge >= 0.3 is 0 Å². The van der Waals surface area contributed by atoms with Crippen molar-refractivity contribution in [1.29, 1.82) is 0 Å². The van der Waals surface area contributed by atoms with Crippen molar-refractivity contribution in [1.82, 2.24) is 24.6 Å². The van der Waals surface area contributed by atoms with E-state index in [-0.39, 0.29) is 0 Å². The first-order valence-electron chi connectivity index (χ1n) is 9.59. The van der Waals surface area contributed by atoms with Gasteiger partial charge in [-0.1, -0.05) is 11.6 Å². The minimum absolute atomic E-state index is 0.312. The lowest BCUT2D eigenvalue weighted by molar-refractivity contribution is -0.135. The van der Waals surface area contributed by atoms with E-state index in [9.17, 15) is 4.79 Å². The molecule has 0 N–H and O–H groups in total. The fraction of sp³-hybridized carbons (Fsp3) is 0.579. The Hall–Kier alpha value is -2.15. The quantitative estimate of drug-likeness (QED) is 0.757. The summed E-state index contributed by atoms with van der Waals surface area (Å²) >= 11 is 6.25. The van der Waals surface area contributed by atoms with E-state index < -0.39 is 0 Å². The number of aromatic nitrogens is 4. The maximum Gasteiger partial charge on any atom is 0.225 e. The van der Waals surface area contributed by atoms with Gasteiger partial charge in [0.25, 0.3) is 0 Å². The van der Waals surface area contributed by atoms with Crippen LogP contribution in [0, 0.1) is 11.3 Å². The van der Waals surface area contributed by atoms with E-state index in [0.29, 0.717) is 28.2 Å². The summed E-state index contributed by atoms with van der Waals surface area (Å²) in [5.41, 5.74) is 1.18. The smallest absolute Gasteiger partial charge is 0.225 e. The van der Waals surface area contributed by atoms with Crippen LogP contribution in [0.2, 0.25) is 5.15 Å². The molecule has 2 aromatic heterocycles. The summed E-state index contributed by atoms with van der Waals surface area (Å²) in [7, 11) is 1.87. The van der Waals surface area contributed by atoms with Gasteiger partial charge in [0.2, 0.25) is 5.91 Å². The Morgan fingerprint density at radius 3 is 2.59 bits per heavy atom. The summed E-state index contributed by atoms with van der Waals surface area (Å²) in [5.74, 6) is 2.18. The topological polar surface area (TPSA) is 67.2 Å². The van der Waals surface area contributed by atoms with Crippen LogP contribution in [0.1, 0.15) is 25.7 Å². The number of nitrogens with zero attached hydrogens (tertiary/aromatic N) is 6. The van der Waals surface area contributed by atoms with Crippen molar-refractivity contribution in [3.63, 3.8) is 0 Å². The number of hydrogen-bond donors (Lipinski definition) is 0. The van der Waals surface area contributed by atoms with E-state index >= 15 is 0 Å². The molecule has 2 saturated heterocycles. The number of carbonyl (C=O) groups is 1. The summed E-state index contributed by atoms with van der Waals surface area (Å²) in [6.07, 6.45) is 7.97. The molecule has 8 heteroatoms. The molecule has 5 rings (SSSR count). The van der Waals surface area contributed by atoms with Crippen LogP contribution in [0.25, 0.3) is 11.4 Å². The van der Waals surface area contributed by atoms with E-state index in [2.05, 4.69) is 19.9 Å². The molecule has 0 aromatic carbocycles. The van der Waals surface area contributed by atoms with Crippen LogP contribution in [-0.2, 0) is 11.8 Å². The summed E-state index contributed by atoms with van der Waals surface area (Å²) < 4.78 is 1.73. The van der Waals surface area contributed by atoms with Gasteiger partial charge in [-0.2, -0.15) is 5.10 Å². The molecule has 2 aromatic rings. The molecular weight excluding hydrogens is 364 g/mol. The Morgan fingerprint density at radius 1 is 1.22 bits per heavy atom. The molecule has 7 nitrogen and oxygen atoms in total. The highest BCUT2D eigenvalue weighted by Gasteiger charge is 2.47. The van der Waals surface area contributed by atoms with Gasteiger partial charge in [-0.25, -0.2) is 9.97 Å². The molecule has 4 heterocycles. The first kappa shape index (κ1) is 17.0. The standard InChI is InChI=1S/C19H23ClN6O/c1-24-10-14(9-21-24)17-22-15(20)8-16(23-17)26-11-19(12-26)4-6-25(7-5-19)18(27)13-2-3-13/h8-10,13H,2-7,11-12H2,1H3. The van der Waals surface area contributed by atoms with Gasteiger partial charge < -0.3 is 9.80 Å². The van der Waals surface area contributed by atoms with E-state index in [1.54, 1.807) is 10.9 Å². The van der Waals surface area contributed by atoms with Gasteiger partial charge in [0.15, 0.2) is 5.82 Å². The molecule has 0 radical (unpaired) electrons. The van der Waals surface area contributed by atoms with Crippen LogP contribution >= 0.6 is 11.6 Å². The van der Waals surface area contributed by atoms with Crippen molar-refractivity contribution in [2.75, 3.05) is 31.1 Å². The molecule has 2 aliphatic heterocycles. The van der Waals surface area contributed by atoms with Crippen LogP contribution in [0.3, 0.4) is 0 Å². The third-order valence-corrected chi connectivity index (χ3v) is 6.28. The molecule has 0 unspecified atom stereocenters. The van der Waals surface area contributed by atoms with E-state index in [4.69, 9.17) is 16.6 Å². The van der Waals surface area contributed by atoms with Gasteiger partial charge in [0.1, 0.15) is 11.0 Å². The second-order valence-corrected chi connectivity index (χ2v) is 8.62. The maximum atomic E-state index is 12.3. The molecule has 1 spiro atoms. The number of likely N-dealkylation sites (tertiary alicyclic amines) is 1. The average molecular weight is 387 g/mol. The Morgan fingerprint density at radius 2 is 1.96 bits per heavy atom. The monoisotopic (exact) mass is 386 g/mol. The summed E-state index contributed by atoms with van der Waals surface area (Å²) in [4.78, 5) is 25.6. The lowest BCUT2D eigenvalue weighted by atomic mass is 9.72. The number of piperidine rings is 1. The van der Waals surface area contributed by atoms with Gasteiger partial charge in [-0.05, 0) is 25.7 Å². The molecule has 3 fully saturated rings. The Bertz CT molecular complexity index is 876. The minimum atomic E-state index is 0.312. The van der Waals surface area contributed by atoms with Gasteiger partial charge in [-0.3, -0.25) is 9.48 Å². The fourth-order valence-corrected chi connectivity index (χ4v) is 4.44. The highest BCUT2D eigenvalue weighted by Crippen LogP contribution is 2.43. The van der Waals surface area contributed by atoms with Crippen LogP contribution in [0.4, 0.5) is 5.82 Å². The lowest BCUT2D eigenvalue weighted by Crippen LogP contribution is -2.61. The zero-order chi connectivity index (χ0) is 18.6. The third kappa shape index (κ3) is 3.18. The zero-order valence-electron chi connectivity index (χ0n) is 15.4. The molecule has 1 saturated carbocycles. The van der Waals surface area contributed by atoms with E-state index in [0.717, 1.165) is 63.2 Å². The maximum absolute atomic E-state index is 12.3. The summed E-state index contributed by atoms with van der Waals surface area (Å²) in [6, 6.07) is 1.83. The molecule has 0 atom stereocenters. The van der Waals surface area contributed by atoms with Crippen molar-refractivity contribution in [3.05, 3.63) is 23.6 Å². The number of rotatable bonds is 3. The molecule has 142 valence electrons. The Labute approximate surface area is 163 Å². The normalized spacial score (nSPS) is 21.4. The van der Waals surface area contributed by atoms with E-state index in [1.165, 1.54) is 0 Å². The fourth-order valence-electron chi connectivity index (χ4n) is 4.27. The number of amides is 1. The average Bonchev–Trinajstić information content (AvgIpc) is 3.39. The van der Waals surface area contributed by atoms with Crippen molar-refractivity contribution >= 4 is 23.3 Å². The highest BCUT2D eigenvalue weighted by atomic mass is 35.5. The first-order chi connectivity index (χ1) is 13.0. The molecule has 27 heavy (non-hydrogen) atoms. The molecule has 1 amide bonds. The highest BCUT2D eigenvalue weighted by molar-refractivity contribution is 6.29. The van der Waals surface area contributed by atoms with Crippen molar-refractivity contribution in [3.8, 4) is 11.4 Å². The number of hydrogen-bond acceptors (Lipinski definition) is 5. The first-order valence-corrected chi connectivity index (χ1v) is 9.97. The SMILES string of the molecule is Cn1cc(-c2nc(Cl)cc(N3CC4(CCN(C(=O)C5CC5)CC4)C3)n2)cn1. The zero-order valence-corrected chi connectivity index (χ0v) is 16.2. The third-order valence-electron chi connectivity index (χ3n) is 6.08. The minimum Gasteiger partial charge on any atom is -0.355 e. The van der Waals surface area contributed by atoms with Crippen molar-refractivity contribution in [2.24, 2.45) is 18.4 Å². The van der Waals surface area contributed by atoms with Gasteiger partial charge in [0.05, 0.1) is 11.8 Å². The second kappa shape index (κ2) is 6.19. The Balaban J connectivity index is 1.26. The number of halogens is 1.